The Morgan fingerprint density at radius 1 is 1.29 bits per heavy atom. The van der Waals surface area contributed by atoms with Crippen molar-refractivity contribution in [3.05, 3.63) is 42.0 Å². The van der Waals surface area contributed by atoms with Crippen LogP contribution in [0.1, 0.15) is 50.8 Å². The average molecular weight is 388 g/mol. The van der Waals surface area contributed by atoms with Crippen molar-refractivity contribution in [3.8, 4) is 5.75 Å². The molecule has 3 heterocycles. The monoisotopic (exact) mass is 388 g/mol. The average Bonchev–Trinajstić information content (AvgIpc) is 3.29. The molecule has 3 atom stereocenters. The summed E-state index contributed by atoms with van der Waals surface area (Å²) in [4.78, 5) is 15.2. The van der Waals surface area contributed by atoms with Gasteiger partial charge in [-0.2, -0.15) is 0 Å². The van der Waals surface area contributed by atoms with Gasteiger partial charge in [-0.1, -0.05) is 24.3 Å². The highest BCUT2D eigenvalue weighted by molar-refractivity contribution is 5.82. The molecule has 1 aromatic heterocycles. The Labute approximate surface area is 163 Å². The summed E-state index contributed by atoms with van der Waals surface area (Å²) in [5.41, 5.74) is 0.551. The largest absolute Gasteiger partial charge is 0.478 e. The van der Waals surface area contributed by atoms with Crippen LogP contribution in [-0.4, -0.2) is 49.1 Å². The molecule has 0 aliphatic carbocycles. The lowest BCUT2D eigenvalue weighted by Gasteiger charge is -2.40. The van der Waals surface area contributed by atoms with Gasteiger partial charge in [-0.25, -0.2) is 9.07 Å². The number of hydrogen-bond acceptors (Lipinski definition) is 5. The van der Waals surface area contributed by atoms with Gasteiger partial charge in [0.15, 0.2) is 17.7 Å². The van der Waals surface area contributed by atoms with Crippen LogP contribution >= 0.6 is 0 Å². The Kier molecular flexibility index (Phi) is 5.30. The molecule has 8 heteroatoms. The van der Waals surface area contributed by atoms with Gasteiger partial charge in [0, 0.05) is 12.1 Å². The smallest absolute Gasteiger partial charge is 0.264 e. The third kappa shape index (κ3) is 3.48. The van der Waals surface area contributed by atoms with Gasteiger partial charge in [-0.15, -0.1) is 5.10 Å². The number of rotatable bonds is 6. The second kappa shape index (κ2) is 7.87. The summed E-state index contributed by atoms with van der Waals surface area (Å²) in [6, 6.07) is 6.59. The fourth-order valence-corrected chi connectivity index (χ4v) is 4.46. The molecule has 0 radical (unpaired) electrons. The normalized spacial score (nSPS) is 25.0. The summed E-state index contributed by atoms with van der Waals surface area (Å²) in [5, 5.41) is 17.3. The fourth-order valence-electron chi connectivity index (χ4n) is 4.46. The van der Waals surface area contributed by atoms with Crippen LogP contribution in [-0.2, 0) is 11.4 Å². The second-order valence-electron chi connectivity index (χ2n) is 7.55. The van der Waals surface area contributed by atoms with Crippen LogP contribution in [0.15, 0.2) is 30.5 Å². The molecule has 4 rings (SSSR count). The molecule has 2 aliphatic rings. The predicted molar refractivity (Wildman–Crippen MR) is 99.0 cm³/mol. The summed E-state index contributed by atoms with van der Waals surface area (Å²) >= 11 is 0. The molecule has 2 fully saturated rings. The molecule has 0 spiro atoms. The van der Waals surface area contributed by atoms with Crippen molar-refractivity contribution >= 4 is 5.91 Å². The fraction of sp³-hybridized carbons (Fsp3) is 0.550. The first-order valence-corrected chi connectivity index (χ1v) is 9.85. The molecule has 2 saturated heterocycles. The topological polar surface area (TPSA) is 80.5 Å². The van der Waals surface area contributed by atoms with E-state index < -0.39 is 11.9 Å². The van der Waals surface area contributed by atoms with E-state index in [1.54, 1.807) is 24.4 Å². The summed E-state index contributed by atoms with van der Waals surface area (Å²) in [5.74, 6) is -0.406. The van der Waals surface area contributed by atoms with Crippen LogP contribution in [0.25, 0.3) is 0 Å². The lowest BCUT2D eigenvalue weighted by atomic mass is 9.96. The van der Waals surface area contributed by atoms with Crippen molar-refractivity contribution < 1.29 is 19.0 Å². The highest BCUT2D eigenvalue weighted by Crippen LogP contribution is 2.41. The van der Waals surface area contributed by atoms with E-state index in [-0.39, 0.29) is 36.4 Å². The number of carbonyl (C=O) groups excluding carboxylic acids is 1. The van der Waals surface area contributed by atoms with Crippen molar-refractivity contribution in [3.63, 3.8) is 0 Å². The molecule has 2 aliphatic heterocycles. The number of para-hydroxylation sites is 1. The molecule has 7 nitrogen and oxygen atoms in total. The molecule has 3 unspecified atom stereocenters. The van der Waals surface area contributed by atoms with Gasteiger partial charge in [0.25, 0.3) is 5.91 Å². The maximum atomic E-state index is 13.9. The maximum Gasteiger partial charge on any atom is 0.264 e. The third-order valence-corrected chi connectivity index (χ3v) is 5.81. The minimum Gasteiger partial charge on any atom is -0.478 e. The number of carbonyl (C=O) groups is 1. The van der Waals surface area contributed by atoms with Crippen molar-refractivity contribution in [2.75, 3.05) is 0 Å². The zero-order chi connectivity index (χ0) is 19.7. The second-order valence-corrected chi connectivity index (χ2v) is 7.55. The lowest BCUT2D eigenvalue weighted by Crippen LogP contribution is -2.51. The number of aromatic nitrogens is 3. The van der Waals surface area contributed by atoms with Crippen molar-refractivity contribution in [2.45, 2.75) is 69.9 Å². The summed E-state index contributed by atoms with van der Waals surface area (Å²) in [6.45, 7) is 1.75. The molecule has 150 valence electrons. The number of ether oxygens (including phenoxy) is 1. The van der Waals surface area contributed by atoms with Gasteiger partial charge < -0.3 is 14.7 Å². The van der Waals surface area contributed by atoms with Crippen LogP contribution in [0.2, 0.25) is 0 Å². The number of halogens is 1. The highest BCUT2D eigenvalue weighted by Gasteiger charge is 2.45. The molecule has 28 heavy (non-hydrogen) atoms. The Hall–Kier alpha value is -2.48. The molecular weight excluding hydrogens is 363 g/mol. The van der Waals surface area contributed by atoms with E-state index in [4.69, 9.17) is 4.74 Å². The molecule has 2 bridgehead atoms. The van der Waals surface area contributed by atoms with Crippen molar-refractivity contribution in [1.82, 2.24) is 19.9 Å². The number of aliphatic hydroxyl groups excluding tert-OH is 1. The van der Waals surface area contributed by atoms with Gasteiger partial charge in [-0.3, -0.25) is 4.79 Å². The first-order chi connectivity index (χ1) is 13.6. The van der Waals surface area contributed by atoms with Gasteiger partial charge in [0.1, 0.15) is 5.69 Å². The quantitative estimate of drug-likeness (QED) is 0.822. The van der Waals surface area contributed by atoms with E-state index in [0.717, 1.165) is 25.7 Å². The summed E-state index contributed by atoms with van der Waals surface area (Å²) in [6.07, 6.45) is 5.06. The standard InChI is InChI=1S/C20H25FN4O3/c1-2-18(28-19-6-4-3-5-17(19)21)20(27)25-14-7-8-15(25)10-16(9-14)24-11-13(12-26)22-23-24/h3-6,11,14-16,18,26H,2,7-10,12H2,1H3. The molecule has 1 aromatic carbocycles. The first kappa shape index (κ1) is 18.9. The van der Waals surface area contributed by atoms with Crippen LogP contribution < -0.4 is 4.74 Å². The van der Waals surface area contributed by atoms with E-state index >= 15 is 0 Å². The Morgan fingerprint density at radius 3 is 2.61 bits per heavy atom. The number of amides is 1. The van der Waals surface area contributed by atoms with E-state index in [0.29, 0.717) is 12.1 Å². The number of benzene rings is 1. The Balaban J connectivity index is 1.47. The first-order valence-electron chi connectivity index (χ1n) is 9.85. The lowest BCUT2D eigenvalue weighted by molar-refractivity contribution is -0.144. The van der Waals surface area contributed by atoms with Crippen molar-refractivity contribution in [1.29, 1.82) is 0 Å². The van der Waals surface area contributed by atoms with E-state index in [9.17, 15) is 14.3 Å². The van der Waals surface area contributed by atoms with Gasteiger partial charge in [0.2, 0.25) is 0 Å². The minimum atomic E-state index is -0.691. The third-order valence-electron chi connectivity index (χ3n) is 5.81. The number of piperidine rings is 1. The Bertz CT molecular complexity index is 828. The molecule has 2 aromatic rings. The van der Waals surface area contributed by atoms with E-state index in [1.807, 2.05) is 16.5 Å². The van der Waals surface area contributed by atoms with Gasteiger partial charge in [0.05, 0.1) is 18.8 Å². The van der Waals surface area contributed by atoms with Crippen LogP contribution in [0, 0.1) is 5.82 Å². The summed E-state index contributed by atoms with van der Waals surface area (Å²) in [7, 11) is 0. The SMILES string of the molecule is CCC(Oc1ccccc1F)C(=O)N1C2CCC1CC(n1cc(CO)nn1)C2. The van der Waals surface area contributed by atoms with Gasteiger partial charge in [-0.05, 0) is 44.2 Å². The number of hydrogen-bond donors (Lipinski definition) is 1. The van der Waals surface area contributed by atoms with Gasteiger partial charge >= 0.3 is 0 Å². The number of fused-ring (bicyclic) bond motifs is 2. The van der Waals surface area contributed by atoms with Crippen LogP contribution in [0.4, 0.5) is 4.39 Å². The number of aliphatic hydroxyl groups is 1. The summed E-state index contributed by atoms with van der Waals surface area (Å²) < 4.78 is 21.5. The number of nitrogens with zero attached hydrogens (tertiary/aromatic N) is 4. The molecule has 1 N–H and O–H groups in total. The van der Waals surface area contributed by atoms with Crippen LogP contribution in [0.5, 0.6) is 5.75 Å². The molecule has 1 amide bonds. The van der Waals surface area contributed by atoms with Crippen LogP contribution in [0.3, 0.4) is 0 Å². The molecular formula is C20H25FN4O3. The highest BCUT2D eigenvalue weighted by atomic mass is 19.1. The predicted octanol–water partition coefficient (Wildman–Crippen LogP) is 2.46. The zero-order valence-electron chi connectivity index (χ0n) is 15.9. The van der Waals surface area contributed by atoms with E-state index in [1.165, 1.54) is 6.07 Å². The zero-order valence-corrected chi connectivity index (χ0v) is 15.9. The Morgan fingerprint density at radius 2 is 2.00 bits per heavy atom. The van der Waals surface area contributed by atoms with Crippen molar-refractivity contribution in [2.24, 2.45) is 0 Å². The molecule has 0 saturated carbocycles. The maximum absolute atomic E-state index is 13.9. The van der Waals surface area contributed by atoms with E-state index in [2.05, 4.69) is 10.3 Å². The minimum absolute atomic E-state index is 0.0636.